The molecule has 6 heteroatoms. The fourth-order valence-electron chi connectivity index (χ4n) is 3.82. The van der Waals surface area contributed by atoms with Gasteiger partial charge in [0.25, 0.3) is 0 Å². The van der Waals surface area contributed by atoms with Crippen molar-refractivity contribution in [3.8, 4) is 0 Å². The van der Waals surface area contributed by atoms with Crippen molar-refractivity contribution in [1.29, 1.82) is 0 Å². The summed E-state index contributed by atoms with van der Waals surface area (Å²) in [5, 5.41) is 8.73. The van der Waals surface area contributed by atoms with Crippen LogP contribution in [0.4, 0.5) is 0 Å². The monoisotopic (exact) mass is 325 g/mol. The summed E-state index contributed by atoms with van der Waals surface area (Å²) in [5.74, 6) is 2.99. The van der Waals surface area contributed by atoms with E-state index in [1.165, 1.54) is 6.42 Å². The van der Waals surface area contributed by atoms with Crippen molar-refractivity contribution in [2.75, 3.05) is 13.1 Å². The average molecular weight is 325 g/mol. The molecule has 0 spiro atoms. The highest BCUT2D eigenvalue weighted by molar-refractivity contribution is 5.76. The Kier molecular flexibility index (Phi) is 4.28. The normalized spacial score (nSPS) is 17.9. The maximum Gasteiger partial charge on any atom is 0.222 e. The minimum absolute atomic E-state index is 0.253. The number of fused-ring (bicyclic) bond motifs is 1. The summed E-state index contributed by atoms with van der Waals surface area (Å²) >= 11 is 0. The predicted octanol–water partition coefficient (Wildman–Crippen LogP) is 1.96. The summed E-state index contributed by atoms with van der Waals surface area (Å²) < 4.78 is 2.30. The van der Waals surface area contributed by atoms with Crippen molar-refractivity contribution < 1.29 is 4.79 Å². The van der Waals surface area contributed by atoms with Crippen LogP contribution in [0.3, 0.4) is 0 Å². The number of aromatic nitrogens is 4. The number of piperidine rings is 1. The summed E-state index contributed by atoms with van der Waals surface area (Å²) in [4.78, 5) is 18.5. The highest BCUT2D eigenvalue weighted by Gasteiger charge is 2.29. The van der Waals surface area contributed by atoms with Gasteiger partial charge in [-0.2, -0.15) is 0 Å². The highest BCUT2D eigenvalue weighted by Crippen LogP contribution is 2.29. The van der Waals surface area contributed by atoms with Crippen LogP contribution in [0.1, 0.15) is 48.8 Å². The van der Waals surface area contributed by atoms with E-state index in [1.54, 1.807) is 6.20 Å². The lowest BCUT2D eigenvalue weighted by molar-refractivity contribution is -0.132. The molecule has 126 valence electrons. The van der Waals surface area contributed by atoms with E-state index in [0.29, 0.717) is 12.3 Å². The van der Waals surface area contributed by atoms with Crippen LogP contribution in [-0.2, 0) is 24.2 Å². The third-order valence-electron chi connectivity index (χ3n) is 5.20. The SMILES string of the molecule is O=C(CCc1cccnc1)N1CCC(c2nnc3n2CCC3)CC1. The Morgan fingerprint density at radius 1 is 1.21 bits per heavy atom. The maximum absolute atomic E-state index is 12.4. The molecule has 0 radical (unpaired) electrons. The molecule has 2 aliphatic heterocycles. The second-order valence-electron chi connectivity index (χ2n) is 6.75. The van der Waals surface area contributed by atoms with Crippen molar-refractivity contribution >= 4 is 5.91 Å². The fraction of sp³-hybridized carbons (Fsp3) is 0.556. The lowest BCUT2D eigenvalue weighted by atomic mass is 9.95. The van der Waals surface area contributed by atoms with Crippen LogP contribution < -0.4 is 0 Å². The number of nitrogens with zero attached hydrogens (tertiary/aromatic N) is 5. The van der Waals surface area contributed by atoms with Gasteiger partial charge in [-0.15, -0.1) is 10.2 Å². The zero-order valence-corrected chi connectivity index (χ0v) is 13.9. The molecule has 6 nitrogen and oxygen atoms in total. The molecule has 0 aliphatic carbocycles. The molecule has 4 heterocycles. The molecular formula is C18H23N5O. The van der Waals surface area contributed by atoms with Crippen molar-refractivity contribution in [2.24, 2.45) is 0 Å². The summed E-state index contributed by atoms with van der Waals surface area (Å²) in [5.41, 5.74) is 1.12. The largest absolute Gasteiger partial charge is 0.343 e. The van der Waals surface area contributed by atoms with Gasteiger partial charge in [-0.1, -0.05) is 6.07 Å². The van der Waals surface area contributed by atoms with Crippen LogP contribution in [0, 0.1) is 0 Å². The van der Waals surface area contributed by atoms with E-state index in [-0.39, 0.29) is 5.91 Å². The minimum atomic E-state index is 0.253. The summed E-state index contributed by atoms with van der Waals surface area (Å²) in [6.45, 7) is 2.72. The average Bonchev–Trinajstić information content (AvgIpc) is 3.24. The van der Waals surface area contributed by atoms with Crippen LogP contribution in [-0.4, -0.2) is 43.6 Å². The third kappa shape index (κ3) is 3.05. The maximum atomic E-state index is 12.4. The van der Waals surface area contributed by atoms with Gasteiger partial charge in [-0.05, 0) is 37.3 Å². The molecule has 0 atom stereocenters. The van der Waals surface area contributed by atoms with E-state index in [1.807, 2.05) is 23.2 Å². The number of amides is 1. The molecular weight excluding hydrogens is 302 g/mol. The molecule has 4 rings (SSSR count). The van der Waals surface area contributed by atoms with Crippen molar-refractivity contribution in [3.05, 3.63) is 41.7 Å². The number of likely N-dealkylation sites (tertiary alicyclic amines) is 1. The van der Waals surface area contributed by atoms with Crippen LogP contribution in [0.5, 0.6) is 0 Å². The van der Waals surface area contributed by atoms with Crippen LogP contribution in [0.15, 0.2) is 24.5 Å². The lowest BCUT2D eigenvalue weighted by Gasteiger charge is -2.31. The van der Waals surface area contributed by atoms with Crippen molar-refractivity contribution in [2.45, 2.75) is 51.0 Å². The van der Waals surface area contributed by atoms with E-state index < -0.39 is 0 Å². The first-order valence-electron chi connectivity index (χ1n) is 8.90. The lowest BCUT2D eigenvalue weighted by Crippen LogP contribution is -2.38. The highest BCUT2D eigenvalue weighted by atomic mass is 16.2. The van der Waals surface area contributed by atoms with E-state index in [4.69, 9.17) is 0 Å². The van der Waals surface area contributed by atoms with Crippen LogP contribution >= 0.6 is 0 Å². The minimum Gasteiger partial charge on any atom is -0.343 e. The number of aryl methyl sites for hydroxylation is 2. The van der Waals surface area contributed by atoms with Gasteiger partial charge < -0.3 is 9.47 Å². The van der Waals surface area contributed by atoms with E-state index in [0.717, 1.165) is 62.5 Å². The molecule has 2 aromatic heterocycles. The van der Waals surface area contributed by atoms with Gasteiger partial charge in [0.15, 0.2) is 0 Å². The summed E-state index contributed by atoms with van der Waals surface area (Å²) in [6, 6.07) is 3.95. The molecule has 1 saturated heterocycles. The molecule has 0 saturated carbocycles. The van der Waals surface area contributed by atoms with Crippen molar-refractivity contribution in [3.63, 3.8) is 0 Å². The van der Waals surface area contributed by atoms with Gasteiger partial charge in [0.1, 0.15) is 11.6 Å². The Labute approximate surface area is 141 Å². The Balaban J connectivity index is 1.30. The predicted molar refractivity (Wildman–Crippen MR) is 89.5 cm³/mol. The summed E-state index contributed by atoms with van der Waals surface area (Å²) in [6.07, 6.45) is 9.17. The Hall–Kier alpha value is -2.24. The molecule has 24 heavy (non-hydrogen) atoms. The zero-order valence-electron chi connectivity index (χ0n) is 13.9. The van der Waals surface area contributed by atoms with Crippen LogP contribution in [0.2, 0.25) is 0 Å². The first kappa shape index (κ1) is 15.3. The molecule has 1 fully saturated rings. The van der Waals surface area contributed by atoms with E-state index in [9.17, 15) is 4.79 Å². The molecule has 0 bridgehead atoms. The van der Waals surface area contributed by atoms with Gasteiger partial charge in [-0.3, -0.25) is 9.78 Å². The number of rotatable bonds is 4. The first-order valence-corrected chi connectivity index (χ1v) is 8.90. The summed E-state index contributed by atoms with van der Waals surface area (Å²) in [7, 11) is 0. The van der Waals surface area contributed by atoms with Crippen LogP contribution in [0.25, 0.3) is 0 Å². The number of pyridine rings is 1. The molecule has 0 unspecified atom stereocenters. The second kappa shape index (κ2) is 6.71. The van der Waals surface area contributed by atoms with Gasteiger partial charge in [0, 0.05) is 50.8 Å². The van der Waals surface area contributed by atoms with Gasteiger partial charge in [0.05, 0.1) is 0 Å². The molecule has 2 aromatic rings. The number of carbonyl (C=O) groups excluding carboxylic acids is 1. The zero-order chi connectivity index (χ0) is 16.4. The van der Waals surface area contributed by atoms with Gasteiger partial charge in [0.2, 0.25) is 5.91 Å². The Bertz CT molecular complexity index is 703. The number of hydrogen-bond donors (Lipinski definition) is 0. The van der Waals surface area contributed by atoms with Crippen molar-refractivity contribution in [1.82, 2.24) is 24.6 Å². The molecule has 1 amide bonds. The standard InChI is InChI=1S/C18H23N5O/c24-17(6-5-14-3-1-9-19-13-14)22-11-7-15(8-12-22)18-21-20-16-4-2-10-23(16)18/h1,3,9,13,15H,2,4-8,10-12H2. The Morgan fingerprint density at radius 3 is 2.88 bits per heavy atom. The van der Waals surface area contributed by atoms with Gasteiger partial charge in [-0.25, -0.2) is 0 Å². The van der Waals surface area contributed by atoms with E-state index >= 15 is 0 Å². The number of carbonyl (C=O) groups is 1. The second-order valence-corrected chi connectivity index (χ2v) is 6.75. The smallest absolute Gasteiger partial charge is 0.222 e. The third-order valence-corrected chi connectivity index (χ3v) is 5.20. The topological polar surface area (TPSA) is 63.9 Å². The van der Waals surface area contributed by atoms with Gasteiger partial charge >= 0.3 is 0 Å². The Morgan fingerprint density at radius 2 is 2.08 bits per heavy atom. The first-order chi connectivity index (χ1) is 11.8. The van der Waals surface area contributed by atoms with E-state index in [2.05, 4.69) is 19.7 Å². The molecule has 0 aromatic carbocycles. The number of hydrogen-bond acceptors (Lipinski definition) is 4. The quantitative estimate of drug-likeness (QED) is 0.862. The fourth-order valence-corrected chi connectivity index (χ4v) is 3.82. The molecule has 0 N–H and O–H groups in total. The molecule has 2 aliphatic rings.